The first-order valence-corrected chi connectivity index (χ1v) is 7.67. The molecule has 16 heavy (non-hydrogen) atoms. The Labute approximate surface area is 104 Å². The molecule has 0 bridgehead atoms. The lowest BCUT2D eigenvalue weighted by molar-refractivity contribution is 0.556. The van der Waals surface area contributed by atoms with Crippen LogP contribution in [0.4, 0.5) is 0 Å². The van der Waals surface area contributed by atoms with Crippen LogP contribution in [0.25, 0.3) is 4.96 Å². The Kier molecular flexibility index (Phi) is 4.26. The molecule has 5 heteroatoms. The van der Waals surface area contributed by atoms with Crippen molar-refractivity contribution in [1.82, 2.24) is 14.7 Å². The topological polar surface area (TPSA) is 29.3 Å². The van der Waals surface area contributed by atoms with E-state index < -0.39 is 0 Å². The molecule has 0 radical (unpaired) electrons. The fraction of sp³-hybridized carbons (Fsp3) is 0.545. The average molecular weight is 255 g/mol. The fourth-order valence-corrected chi connectivity index (χ4v) is 3.06. The summed E-state index contributed by atoms with van der Waals surface area (Å²) in [6.45, 7) is 4.20. The van der Waals surface area contributed by atoms with Gasteiger partial charge in [0.15, 0.2) is 4.96 Å². The van der Waals surface area contributed by atoms with Gasteiger partial charge in [-0.1, -0.05) is 6.92 Å². The molecule has 0 aliphatic heterocycles. The predicted molar refractivity (Wildman–Crippen MR) is 72.3 cm³/mol. The summed E-state index contributed by atoms with van der Waals surface area (Å²) >= 11 is 3.58. The molecule has 2 heterocycles. The standard InChI is InChI=1S/C11H17N3S2/c1-9(8-15-2)5-12-6-10-7-14-3-4-16-11(14)13-10/h3-4,7,9,12H,5-6,8H2,1-2H3. The SMILES string of the molecule is CSCC(C)CNCc1cn2ccsc2n1. The van der Waals surface area contributed by atoms with Crippen LogP contribution < -0.4 is 5.32 Å². The highest BCUT2D eigenvalue weighted by Gasteiger charge is 2.03. The summed E-state index contributed by atoms with van der Waals surface area (Å²) < 4.78 is 2.08. The van der Waals surface area contributed by atoms with Crippen molar-refractivity contribution in [1.29, 1.82) is 0 Å². The van der Waals surface area contributed by atoms with Crippen LogP contribution >= 0.6 is 23.1 Å². The van der Waals surface area contributed by atoms with Crippen molar-refractivity contribution in [2.75, 3.05) is 18.6 Å². The summed E-state index contributed by atoms with van der Waals surface area (Å²) in [7, 11) is 0. The van der Waals surface area contributed by atoms with Crippen molar-refractivity contribution in [2.45, 2.75) is 13.5 Å². The number of imidazole rings is 1. The number of nitrogens with zero attached hydrogens (tertiary/aromatic N) is 2. The molecule has 0 aliphatic rings. The van der Waals surface area contributed by atoms with Crippen molar-refractivity contribution < 1.29 is 0 Å². The molecule has 0 saturated carbocycles. The maximum atomic E-state index is 4.53. The van der Waals surface area contributed by atoms with Gasteiger partial charge in [0.25, 0.3) is 0 Å². The second-order valence-corrected chi connectivity index (χ2v) is 5.80. The minimum Gasteiger partial charge on any atom is -0.311 e. The Morgan fingerprint density at radius 2 is 2.50 bits per heavy atom. The molecule has 88 valence electrons. The zero-order chi connectivity index (χ0) is 11.4. The van der Waals surface area contributed by atoms with Crippen LogP contribution in [0.3, 0.4) is 0 Å². The molecular weight excluding hydrogens is 238 g/mol. The van der Waals surface area contributed by atoms with Crippen LogP contribution in [0.15, 0.2) is 17.8 Å². The van der Waals surface area contributed by atoms with Gasteiger partial charge in [-0.25, -0.2) is 4.98 Å². The van der Waals surface area contributed by atoms with E-state index in [1.165, 1.54) is 5.75 Å². The monoisotopic (exact) mass is 255 g/mol. The van der Waals surface area contributed by atoms with Crippen molar-refractivity contribution in [3.8, 4) is 0 Å². The van der Waals surface area contributed by atoms with Crippen molar-refractivity contribution in [3.05, 3.63) is 23.5 Å². The number of aromatic nitrogens is 2. The second kappa shape index (κ2) is 5.70. The molecular formula is C11H17N3S2. The van der Waals surface area contributed by atoms with Gasteiger partial charge >= 0.3 is 0 Å². The van der Waals surface area contributed by atoms with E-state index in [1.54, 1.807) is 11.3 Å². The minimum absolute atomic E-state index is 0.721. The van der Waals surface area contributed by atoms with Gasteiger partial charge in [-0.2, -0.15) is 11.8 Å². The van der Waals surface area contributed by atoms with Crippen LogP contribution in [-0.4, -0.2) is 27.9 Å². The number of fused-ring (bicyclic) bond motifs is 1. The normalized spacial score (nSPS) is 13.4. The van der Waals surface area contributed by atoms with Crippen LogP contribution in [-0.2, 0) is 6.54 Å². The highest BCUT2D eigenvalue weighted by Crippen LogP contribution is 2.11. The molecule has 3 nitrogen and oxygen atoms in total. The maximum Gasteiger partial charge on any atom is 0.193 e. The van der Waals surface area contributed by atoms with Crippen molar-refractivity contribution >= 4 is 28.1 Å². The van der Waals surface area contributed by atoms with E-state index in [9.17, 15) is 0 Å². The van der Waals surface area contributed by atoms with E-state index in [4.69, 9.17) is 0 Å². The second-order valence-electron chi connectivity index (χ2n) is 4.02. The van der Waals surface area contributed by atoms with Crippen LogP contribution in [0, 0.1) is 5.92 Å². The van der Waals surface area contributed by atoms with Gasteiger partial charge in [-0.15, -0.1) is 11.3 Å². The molecule has 2 aromatic heterocycles. The summed E-state index contributed by atoms with van der Waals surface area (Å²) in [5, 5.41) is 5.51. The summed E-state index contributed by atoms with van der Waals surface area (Å²) in [6.07, 6.45) is 6.30. The third-order valence-electron chi connectivity index (χ3n) is 2.39. The van der Waals surface area contributed by atoms with E-state index in [2.05, 4.69) is 39.5 Å². The molecule has 0 spiro atoms. The molecule has 0 amide bonds. The van der Waals surface area contributed by atoms with Crippen LogP contribution in [0.2, 0.25) is 0 Å². The Hall–Kier alpha value is -0.520. The molecule has 0 saturated heterocycles. The third kappa shape index (κ3) is 2.99. The first-order chi connectivity index (χ1) is 7.79. The Bertz CT molecular complexity index is 407. The first-order valence-electron chi connectivity index (χ1n) is 5.40. The molecule has 1 atom stereocenters. The number of rotatable bonds is 6. The number of thiazole rings is 1. The lowest BCUT2D eigenvalue weighted by atomic mass is 10.2. The molecule has 2 rings (SSSR count). The molecule has 2 aromatic rings. The number of nitrogens with one attached hydrogen (secondary N) is 1. The average Bonchev–Trinajstić information content (AvgIpc) is 2.78. The van der Waals surface area contributed by atoms with Crippen LogP contribution in [0.1, 0.15) is 12.6 Å². The quantitative estimate of drug-likeness (QED) is 0.860. The molecule has 0 fully saturated rings. The molecule has 0 aliphatic carbocycles. The highest BCUT2D eigenvalue weighted by molar-refractivity contribution is 7.98. The predicted octanol–water partition coefficient (Wildman–Crippen LogP) is 2.48. The maximum absolute atomic E-state index is 4.53. The van der Waals surface area contributed by atoms with E-state index in [1.807, 2.05) is 18.0 Å². The van der Waals surface area contributed by atoms with E-state index in [-0.39, 0.29) is 0 Å². The molecule has 1 unspecified atom stereocenters. The smallest absolute Gasteiger partial charge is 0.193 e. The molecule has 1 N–H and O–H groups in total. The third-order valence-corrected chi connectivity index (χ3v) is 4.07. The van der Waals surface area contributed by atoms with E-state index >= 15 is 0 Å². The minimum atomic E-state index is 0.721. The van der Waals surface area contributed by atoms with Gasteiger partial charge in [-0.3, -0.25) is 4.40 Å². The summed E-state index contributed by atoms with van der Waals surface area (Å²) in [5.41, 5.74) is 1.13. The van der Waals surface area contributed by atoms with Crippen molar-refractivity contribution in [2.24, 2.45) is 5.92 Å². The molecule has 0 aromatic carbocycles. The van der Waals surface area contributed by atoms with Gasteiger partial charge in [0.05, 0.1) is 5.69 Å². The zero-order valence-electron chi connectivity index (χ0n) is 9.64. The van der Waals surface area contributed by atoms with Gasteiger partial charge in [0.2, 0.25) is 0 Å². The number of hydrogen-bond donors (Lipinski definition) is 1. The lowest BCUT2D eigenvalue weighted by Crippen LogP contribution is -2.22. The Morgan fingerprint density at radius 1 is 1.62 bits per heavy atom. The number of hydrogen-bond acceptors (Lipinski definition) is 4. The van der Waals surface area contributed by atoms with Gasteiger partial charge < -0.3 is 5.32 Å². The highest BCUT2D eigenvalue weighted by atomic mass is 32.2. The first kappa shape index (κ1) is 12.0. The van der Waals surface area contributed by atoms with E-state index in [0.29, 0.717) is 0 Å². The fourth-order valence-electron chi connectivity index (χ4n) is 1.65. The van der Waals surface area contributed by atoms with Gasteiger partial charge in [0.1, 0.15) is 0 Å². The van der Waals surface area contributed by atoms with E-state index in [0.717, 1.165) is 29.7 Å². The largest absolute Gasteiger partial charge is 0.311 e. The Morgan fingerprint density at radius 3 is 3.25 bits per heavy atom. The van der Waals surface area contributed by atoms with Gasteiger partial charge in [0, 0.05) is 24.3 Å². The van der Waals surface area contributed by atoms with Gasteiger partial charge in [-0.05, 0) is 24.5 Å². The zero-order valence-corrected chi connectivity index (χ0v) is 11.3. The number of thioether (sulfide) groups is 1. The Balaban J connectivity index is 1.80. The van der Waals surface area contributed by atoms with Crippen molar-refractivity contribution in [3.63, 3.8) is 0 Å². The van der Waals surface area contributed by atoms with Crippen LogP contribution in [0.5, 0.6) is 0 Å². The summed E-state index contributed by atoms with van der Waals surface area (Å²) in [5.74, 6) is 1.93. The lowest BCUT2D eigenvalue weighted by Gasteiger charge is -2.09. The summed E-state index contributed by atoms with van der Waals surface area (Å²) in [6, 6.07) is 0. The summed E-state index contributed by atoms with van der Waals surface area (Å²) in [4.78, 5) is 5.61.